The van der Waals surface area contributed by atoms with E-state index in [4.69, 9.17) is 4.74 Å². The molecule has 0 aliphatic carbocycles. The topological polar surface area (TPSA) is 72.3 Å². The molecule has 1 heterocycles. The number of halogens is 3. The number of carbonyl (C=O) groups excluding carboxylic acids is 1. The van der Waals surface area contributed by atoms with Crippen LogP contribution in [-0.4, -0.2) is 59.1 Å². The molecular weight excluding hydrogens is 455 g/mol. The molecule has 0 radical (unpaired) electrons. The Balaban J connectivity index is 1.87. The smallest absolute Gasteiger partial charge is 0.417 e. The molecule has 33 heavy (non-hydrogen) atoms. The van der Waals surface area contributed by atoms with Gasteiger partial charge in [0.05, 0.1) is 30.5 Å². The summed E-state index contributed by atoms with van der Waals surface area (Å²) in [6.07, 6.45) is -4.63. The molecule has 7 nitrogen and oxygen atoms in total. The Morgan fingerprint density at radius 3 is 2.61 bits per heavy atom. The molecule has 0 atom stereocenters. The van der Waals surface area contributed by atoms with Gasteiger partial charge in [0.1, 0.15) is 5.75 Å². The Hall–Kier alpha value is -3.05. The molecule has 0 bridgehead atoms. The molecule has 1 aromatic heterocycles. The average Bonchev–Trinajstić information content (AvgIpc) is 3.19. The Kier molecular flexibility index (Phi) is 7.98. The van der Waals surface area contributed by atoms with Crippen molar-refractivity contribution in [2.45, 2.75) is 17.9 Å². The quantitative estimate of drug-likeness (QED) is 0.470. The number of hydrogen-bond donors (Lipinski definition) is 1. The summed E-state index contributed by atoms with van der Waals surface area (Å²) in [6, 6.07) is 11.9. The standard InChI is InChI=1S/C22H24F3N5O2S/c1-29(2)11-12-33-21-28-27-19(30(21)15-7-6-8-16(13-15)32-3)14-26-20(31)17-9-4-5-10-18(17)22(23,24)25/h4-10,13H,11-12,14H2,1-3H3,(H,26,31). The summed E-state index contributed by atoms with van der Waals surface area (Å²) in [6.45, 7) is 0.708. The second kappa shape index (κ2) is 10.7. The van der Waals surface area contributed by atoms with E-state index in [1.165, 1.54) is 23.9 Å². The van der Waals surface area contributed by atoms with Gasteiger partial charge in [0.2, 0.25) is 0 Å². The molecule has 0 fully saturated rings. The van der Waals surface area contributed by atoms with Gasteiger partial charge in [-0.3, -0.25) is 9.36 Å². The van der Waals surface area contributed by atoms with Crippen molar-refractivity contribution >= 4 is 17.7 Å². The maximum absolute atomic E-state index is 13.3. The van der Waals surface area contributed by atoms with Crippen LogP contribution in [0.1, 0.15) is 21.7 Å². The fourth-order valence-corrected chi connectivity index (χ4v) is 4.10. The molecule has 1 N–H and O–H groups in total. The number of rotatable bonds is 9. The van der Waals surface area contributed by atoms with Crippen LogP contribution in [-0.2, 0) is 12.7 Å². The minimum absolute atomic E-state index is 0.108. The summed E-state index contributed by atoms with van der Waals surface area (Å²) in [5, 5.41) is 11.6. The highest BCUT2D eigenvalue weighted by Crippen LogP contribution is 2.32. The van der Waals surface area contributed by atoms with Crippen molar-refractivity contribution in [1.82, 2.24) is 25.0 Å². The van der Waals surface area contributed by atoms with E-state index in [-0.39, 0.29) is 6.54 Å². The van der Waals surface area contributed by atoms with Gasteiger partial charge in [0.25, 0.3) is 5.91 Å². The highest BCUT2D eigenvalue weighted by Gasteiger charge is 2.34. The van der Waals surface area contributed by atoms with Crippen molar-refractivity contribution in [2.24, 2.45) is 0 Å². The highest BCUT2D eigenvalue weighted by atomic mass is 32.2. The third kappa shape index (κ3) is 6.26. The Morgan fingerprint density at radius 1 is 1.15 bits per heavy atom. The number of benzene rings is 2. The van der Waals surface area contributed by atoms with Gasteiger partial charge in [0.15, 0.2) is 11.0 Å². The molecule has 0 saturated heterocycles. The van der Waals surface area contributed by atoms with E-state index in [1.807, 2.05) is 31.1 Å². The lowest BCUT2D eigenvalue weighted by Gasteiger charge is -2.14. The fourth-order valence-electron chi connectivity index (χ4n) is 3.02. The van der Waals surface area contributed by atoms with Gasteiger partial charge >= 0.3 is 6.18 Å². The lowest BCUT2D eigenvalue weighted by molar-refractivity contribution is -0.137. The zero-order valence-corrected chi connectivity index (χ0v) is 19.2. The van der Waals surface area contributed by atoms with Gasteiger partial charge in [-0.2, -0.15) is 13.2 Å². The first-order valence-electron chi connectivity index (χ1n) is 10.0. The number of nitrogens with zero attached hydrogens (tertiary/aromatic N) is 4. The van der Waals surface area contributed by atoms with Crippen LogP contribution in [0.25, 0.3) is 5.69 Å². The van der Waals surface area contributed by atoms with Gasteiger partial charge < -0.3 is 15.0 Å². The molecule has 0 saturated carbocycles. The van der Waals surface area contributed by atoms with Crippen LogP contribution < -0.4 is 10.1 Å². The first-order chi connectivity index (χ1) is 15.7. The second-order valence-electron chi connectivity index (χ2n) is 7.31. The normalized spacial score (nSPS) is 11.6. The molecule has 11 heteroatoms. The third-order valence-electron chi connectivity index (χ3n) is 4.67. The van der Waals surface area contributed by atoms with E-state index in [0.717, 1.165) is 24.4 Å². The number of carbonyl (C=O) groups is 1. The maximum atomic E-state index is 13.3. The van der Waals surface area contributed by atoms with Crippen LogP contribution in [0.5, 0.6) is 5.75 Å². The summed E-state index contributed by atoms with van der Waals surface area (Å²) in [7, 11) is 5.48. The Labute approximate surface area is 193 Å². The molecule has 0 spiro atoms. The lowest BCUT2D eigenvalue weighted by atomic mass is 10.1. The predicted octanol–water partition coefficient (Wildman–Crippen LogP) is 3.88. The van der Waals surface area contributed by atoms with Crippen LogP contribution in [0.3, 0.4) is 0 Å². The van der Waals surface area contributed by atoms with Crippen molar-refractivity contribution < 1.29 is 22.7 Å². The number of aromatic nitrogens is 3. The van der Waals surface area contributed by atoms with Crippen LogP contribution in [0.4, 0.5) is 13.2 Å². The SMILES string of the molecule is COc1cccc(-n2c(CNC(=O)c3ccccc3C(F)(F)F)nnc2SCCN(C)C)c1. The summed E-state index contributed by atoms with van der Waals surface area (Å²) >= 11 is 1.49. The summed E-state index contributed by atoms with van der Waals surface area (Å²) in [5.74, 6) is 0.915. The van der Waals surface area contributed by atoms with E-state index in [0.29, 0.717) is 22.4 Å². The number of nitrogens with one attached hydrogen (secondary N) is 1. The number of alkyl halides is 3. The first kappa shape index (κ1) is 24.6. The first-order valence-corrected chi connectivity index (χ1v) is 11.0. The van der Waals surface area contributed by atoms with Crippen LogP contribution in [0.2, 0.25) is 0 Å². The number of thioether (sulfide) groups is 1. The summed E-state index contributed by atoms with van der Waals surface area (Å²) in [5.41, 5.74) is -0.721. The minimum Gasteiger partial charge on any atom is -0.497 e. The van der Waals surface area contributed by atoms with Gasteiger partial charge in [-0.05, 0) is 38.4 Å². The number of amides is 1. The highest BCUT2D eigenvalue weighted by molar-refractivity contribution is 7.99. The summed E-state index contributed by atoms with van der Waals surface area (Å²) in [4.78, 5) is 14.6. The van der Waals surface area contributed by atoms with Crippen molar-refractivity contribution in [3.8, 4) is 11.4 Å². The van der Waals surface area contributed by atoms with Crippen molar-refractivity contribution in [3.63, 3.8) is 0 Å². The predicted molar refractivity (Wildman–Crippen MR) is 120 cm³/mol. The monoisotopic (exact) mass is 479 g/mol. The van der Waals surface area contributed by atoms with Crippen LogP contribution >= 0.6 is 11.8 Å². The third-order valence-corrected chi connectivity index (χ3v) is 5.57. The van der Waals surface area contributed by atoms with Crippen LogP contribution in [0.15, 0.2) is 53.7 Å². The Bertz CT molecular complexity index is 1100. The summed E-state index contributed by atoms with van der Waals surface area (Å²) < 4.78 is 46.9. The van der Waals surface area contributed by atoms with Gasteiger partial charge in [-0.25, -0.2) is 0 Å². The molecule has 0 aliphatic heterocycles. The molecule has 3 aromatic rings. The lowest BCUT2D eigenvalue weighted by Crippen LogP contribution is -2.27. The van der Waals surface area contributed by atoms with Gasteiger partial charge in [-0.1, -0.05) is 30.0 Å². The molecular formula is C22H24F3N5O2S. The van der Waals surface area contributed by atoms with Gasteiger partial charge in [-0.15, -0.1) is 10.2 Å². The minimum atomic E-state index is -4.63. The van der Waals surface area contributed by atoms with E-state index in [2.05, 4.69) is 15.5 Å². The second-order valence-corrected chi connectivity index (χ2v) is 8.38. The van der Waals surface area contributed by atoms with Crippen LogP contribution in [0, 0.1) is 0 Å². The van der Waals surface area contributed by atoms with E-state index < -0.39 is 23.2 Å². The van der Waals surface area contributed by atoms with E-state index >= 15 is 0 Å². The number of methoxy groups -OCH3 is 1. The molecule has 1 amide bonds. The molecule has 0 unspecified atom stereocenters. The molecule has 176 valence electrons. The number of ether oxygens (including phenoxy) is 1. The molecule has 0 aliphatic rings. The largest absolute Gasteiger partial charge is 0.497 e. The average molecular weight is 480 g/mol. The molecule has 2 aromatic carbocycles. The molecule has 3 rings (SSSR count). The Morgan fingerprint density at radius 2 is 1.91 bits per heavy atom. The van der Waals surface area contributed by atoms with E-state index in [9.17, 15) is 18.0 Å². The van der Waals surface area contributed by atoms with Gasteiger partial charge in [0, 0.05) is 18.4 Å². The van der Waals surface area contributed by atoms with Crippen molar-refractivity contribution in [3.05, 3.63) is 65.5 Å². The zero-order chi connectivity index (χ0) is 24.0. The van der Waals surface area contributed by atoms with Crippen molar-refractivity contribution in [2.75, 3.05) is 33.5 Å². The fraction of sp³-hybridized carbons (Fsp3) is 0.318. The zero-order valence-electron chi connectivity index (χ0n) is 18.4. The van der Waals surface area contributed by atoms with E-state index in [1.54, 1.807) is 23.8 Å². The maximum Gasteiger partial charge on any atom is 0.417 e. The number of hydrogen-bond acceptors (Lipinski definition) is 6. The van der Waals surface area contributed by atoms with Crippen molar-refractivity contribution in [1.29, 1.82) is 0 Å².